The van der Waals surface area contributed by atoms with Crippen LogP contribution in [0.1, 0.15) is 49.9 Å². The Morgan fingerprint density at radius 3 is 2.76 bits per heavy atom. The van der Waals surface area contributed by atoms with Gasteiger partial charge in [0, 0.05) is 11.7 Å². The summed E-state index contributed by atoms with van der Waals surface area (Å²) in [5, 5.41) is 3.92. The summed E-state index contributed by atoms with van der Waals surface area (Å²) in [6.45, 7) is 4.49. The van der Waals surface area contributed by atoms with E-state index in [1.807, 2.05) is 0 Å². The number of ether oxygens (including phenoxy) is 1. The maximum Gasteiger partial charge on any atom is 0.340 e. The van der Waals surface area contributed by atoms with Crippen LogP contribution in [0.4, 0.5) is 11.4 Å². The van der Waals surface area contributed by atoms with E-state index in [4.69, 9.17) is 22.1 Å². The van der Waals surface area contributed by atoms with Gasteiger partial charge < -0.3 is 15.8 Å². The van der Waals surface area contributed by atoms with E-state index in [2.05, 4.69) is 19.2 Å². The first-order valence-electron chi connectivity index (χ1n) is 7.29. The quantitative estimate of drug-likeness (QED) is 0.652. The van der Waals surface area contributed by atoms with Gasteiger partial charge in [0.15, 0.2) is 0 Å². The molecule has 0 saturated heterocycles. The van der Waals surface area contributed by atoms with Crippen molar-refractivity contribution < 1.29 is 9.53 Å². The molecule has 0 radical (unpaired) electrons. The number of hydrogen-bond acceptors (Lipinski definition) is 4. The number of esters is 1. The lowest BCUT2D eigenvalue weighted by molar-refractivity contribution is 0.0601. The number of halogens is 1. The summed E-state index contributed by atoms with van der Waals surface area (Å²) in [5.41, 5.74) is 7.42. The van der Waals surface area contributed by atoms with E-state index in [-0.39, 0.29) is 11.5 Å². The van der Waals surface area contributed by atoms with Crippen LogP contribution in [0.2, 0.25) is 5.02 Å². The van der Waals surface area contributed by atoms with Gasteiger partial charge in [-0.25, -0.2) is 4.79 Å². The average Bonchev–Trinajstić information content (AvgIpc) is 2.42. The lowest BCUT2D eigenvalue weighted by Gasteiger charge is -2.40. The van der Waals surface area contributed by atoms with E-state index >= 15 is 0 Å². The molecule has 4 nitrogen and oxygen atoms in total. The van der Waals surface area contributed by atoms with E-state index in [1.165, 1.54) is 20.0 Å². The Kier molecular flexibility index (Phi) is 4.67. The molecule has 1 aliphatic carbocycles. The molecule has 2 rings (SSSR count). The first kappa shape index (κ1) is 16.0. The van der Waals surface area contributed by atoms with Gasteiger partial charge in [-0.15, -0.1) is 0 Å². The number of anilines is 2. The summed E-state index contributed by atoms with van der Waals surface area (Å²) < 4.78 is 4.83. The fourth-order valence-electron chi connectivity index (χ4n) is 2.98. The zero-order chi connectivity index (χ0) is 15.6. The van der Waals surface area contributed by atoms with Gasteiger partial charge in [0.1, 0.15) is 0 Å². The number of rotatable bonds is 3. The van der Waals surface area contributed by atoms with Gasteiger partial charge in [0.05, 0.1) is 23.4 Å². The maximum absolute atomic E-state index is 12.0. The van der Waals surface area contributed by atoms with Gasteiger partial charge >= 0.3 is 5.97 Å². The smallest absolute Gasteiger partial charge is 0.340 e. The SMILES string of the molecule is COC(=O)c1cc(N)cc(Cl)c1NC1CCCCC1(C)C. The van der Waals surface area contributed by atoms with E-state index in [1.54, 1.807) is 12.1 Å². The van der Waals surface area contributed by atoms with Gasteiger partial charge in [0.2, 0.25) is 0 Å². The van der Waals surface area contributed by atoms with Crippen LogP contribution >= 0.6 is 11.6 Å². The third-order valence-corrected chi connectivity index (χ3v) is 4.64. The lowest BCUT2D eigenvalue weighted by Crippen LogP contribution is -2.39. The van der Waals surface area contributed by atoms with Crippen LogP contribution in [0.3, 0.4) is 0 Å². The van der Waals surface area contributed by atoms with Crippen LogP contribution in [0.25, 0.3) is 0 Å². The molecular formula is C16H23ClN2O2. The Morgan fingerprint density at radius 2 is 2.14 bits per heavy atom. The monoisotopic (exact) mass is 310 g/mol. The molecule has 0 amide bonds. The number of hydrogen-bond donors (Lipinski definition) is 2. The molecule has 1 aromatic rings. The van der Waals surface area contributed by atoms with Crippen molar-refractivity contribution in [3.63, 3.8) is 0 Å². The number of carbonyl (C=O) groups is 1. The molecule has 21 heavy (non-hydrogen) atoms. The molecule has 3 N–H and O–H groups in total. The van der Waals surface area contributed by atoms with Crippen LogP contribution in [0.5, 0.6) is 0 Å². The average molecular weight is 311 g/mol. The van der Waals surface area contributed by atoms with Crippen LogP contribution < -0.4 is 11.1 Å². The molecule has 116 valence electrons. The number of nitrogens with one attached hydrogen (secondary N) is 1. The summed E-state index contributed by atoms with van der Waals surface area (Å²) in [4.78, 5) is 12.0. The van der Waals surface area contributed by atoms with Crippen LogP contribution in [-0.2, 0) is 4.74 Å². The molecule has 1 unspecified atom stereocenters. The Bertz CT molecular complexity index is 543. The number of methoxy groups -OCH3 is 1. The molecule has 1 saturated carbocycles. The topological polar surface area (TPSA) is 64.3 Å². The van der Waals surface area contributed by atoms with Gasteiger partial charge in [-0.05, 0) is 30.4 Å². The third-order valence-electron chi connectivity index (χ3n) is 4.34. The van der Waals surface area contributed by atoms with Crippen LogP contribution in [0, 0.1) is 5.41 Å². The minimum atomic E-state index is -0.430. The summed E-state index contributed by atoms with van der Waals surface area (Å²) >= 11 is 6.30. The second kappa shape index (κ2) is 6.14. The standard InChI is InChI=1S/C16H23ClN2O2/c1-16(2)7-5-4-6-13(16)19-14-11(15(20)21-3)8-10(18)9-12(14)17/h8-9,13,19H,4-7,18H2,1-3H3. The van der Waals surface area contributed by atoms with Crippen molar-refractivity contribution in [2.24, 2.45) is 5.41 Å². The zero-order valence-electron chi connectivity index (χ0n) is 12.8. The highest BCUT2D eigenvalue weighted by Crippen LogP contribution is 2.39. The molecule has 1 aromatic carbocycles. The van der Waals surface area contributed by atoms with Crippen LogP contribution in [0.15, 0.2) is 12.1 Å². The molecule has 5 heteroatoms. The molecule has 1 fully saturated rings. The Balaban J connectivity index is 2.36. The predicted octanol–water partition coefficient (Wildman–Crippen LogP) is 4.09. The largest absolute Gasteiger partial charge is 0.465 e. The highest BCUT2D eigenvalue weighted by atomic mass is 35.5. The molecular weight excluding hydrogens is 288 g/mol. The Hall–Kier alpha value is -1.42. The molecule has 0 aliphatic heterocycles. The second-order valence-corrected chi connectivity index (χ2v) is 6.76. The highest BCUT2D eigenvalue weighted by Gasteiger charge is 2.33. The number of benzene rings is 1. The fraction of sp³-hybridized carbons (Fsp3) is 0.562. The van der Waals surface area contributed by atoms with E-state index < -0.39 is 5.97 Å². The molecule has 1 aliphatic rings. The van der Waals surface area contributed by atoms with Crippen molar-refractivity contribution in [3.05, 3.63) is 22.7 Å². The third kappa shape index (κ3) is 3.43. The normalized spacial score (nSPS) is 20.9. The molecule has 0 bridgehead atoms. The fourth-order valence-corrected chi connectivity index (χ4v) is 3.26. The predicted molar refractivity (Wildman–Crippen MR) is 86.9 cm³/mol. The first-order valence-corrected chi connectivity index (χ1v) is 7.67. The number of nitrogen functional groups attached to an aromatic ring is 1. The zero-order valence-corrected chi connectivity index (χ0v) is 13.6. The van der Waals surface area contributed by atoms with Crippen molar-refractivity contribution in [1.29, 1.82) is 0 Å². The molecule has 1 atom stereocenters. The van der Waals surface area contributed by atoms with E-state index in [0.29, 0.717) is 22.0 Å². The summed E-state index contributed by atoms with van der Waals surface area (Å²) in [6, 6.07) is 3.54. The molecule has 0 heterocycles. The van der Waals surface area contributed by atoms with Crippen molar-refractivity contribution in [2.45, 2.75) is 45.6 Å². The van der Waals surface area contributed by atoms with Crippen molar-refractivity contribution >= 4 is 28.9 Å². The summed E-state index contributed by atoms with van der Waals surface area (Å²) in [5.74, 6) is -0.430. The number of carbonyl (C=O) groups excluding carboxylic acids is 1. The van der Waals surface area contributed by atoms with Gasteiger partial charge in [-0.1, -0.05) is 38.3 Å². The van der Waals surface area contributed by atoms with Crippen molar-refractivity contribution in [2.75, 3.05) is 18.2 Å². The molecule has 0 spiro atoms. The highest BCUT2D eigenvalue weighted by molar-refractivity contribution is 6.34. The summed E-state index contributed by atoms with van der Waals surface area (Å²) in [7, 11) is 1.35. The summed E-state index contributed by atoms with van der Waals surface area (Å²) in [6.07, 6.45) is 4.64. The minimum absolute atomic E-state index is 0.163. The van der Waals surface area contributed by atoms with E-state index in [9.17, 15) is 4.79 Å². The van der Waals surface area contributed by atoms with Gasteiger partial charge in [-0.2, -0.15) is 0 Å². The van der Waals surface area contributed by atoms with E-state index in [0.717, 1.165) is 12.8 Å². The van der Waals surface area contributed by atoms with Crippen molar-refractivity contribution in [1.82, 2.24) is 0 Å². The Morgan fingerprint density at radius 1 is 1.43 bits per heavy atom. The lowest BCUT2D eigenvalue weighted by atomic mass is 9.73. The van der Waals surface area contributed by atoms with Gasteiger partial charge in [-0.3, -0.25) is 0 Å². The van der Waals surface area contributed by atoms with Crippen molar-refractivity contribution in [3.8, 4) is 0 Å². The first-order chi connectivity index (χ1) is 9.85. The van der Waals surface area contributed by atoms with Gasteiger partial charge in [0.25, 0.3) is 0 Å². The number of nitrogens with two attached hydrogens (primary N) is 1. The minimum Gasteiger partial charge on any atom is -0.465 e. The maximum atomic E-state index is 12.0. The molecule has 0 aromatic heterocycles. The Labute approximate surface area is 131 Å². The second-order valence-electron chi connectivity index (χ2n) is 6.35. The van der Waals surface area contributed by atoms with Crippen LogP contribution in [-0.4, -0.2) is 19.1 Å².